The number of hydrogen-bond acceptors (Lipinski definition) is 6. The number of rotatable bonds is 4. The first-order valence-corrected chi connectivity index (χ1v) is 7.77. The van der Waals surface area contributed by atoms with Crippen LogP contribution in [0.5, 0.6) is 0 Å². The molecule has 0 aliphatic rings. The van der Waals surface area contributed by atoms with Gasteiger partial charge in [-0.3, -0.25) is 9.36 Å². The van der Waals surface area contributed by atoms with Gasteiger partial charge in [0, 0.05) is 24.7 Å². The molecule has 7 nitrogen and oxygen atoms in total. The fourth-order valence-electron chi connectivity index (χ4n) is 2.52. The molecule has 0 spiro atoms. The van der Waals surface area contributed by atoms with Crippen LogP contribution in [0, 0.1) is 0 Å². The van der Waals surface area contributed by atoms with Crippen LogP contribution in [-0.2, 0) is 11.8 Å². The summed E-state index contributed by atoms with van der Waals surface area (Å²) in [6.45, 7) is 1.96. The Hall–Kier alpha value is -3.22. The molecule has 1 unspecified atom stereocenters. The van der Waals surface area contributed by atoms with Gasteiger partial charge in [-0.15, -0.1) is 0 Å². The number of carbonyl (C=O) groups excluding carboxylic acids is 1. The Bertz CT molecular complexity index is 980. The highest BCUT2D eigenvalue weighted by atomic mass is 16.5. The zero-order valence-corrected chi connectivity index (χ0v) is 14.2. The zero-order valence-electron chi connectivity index (χ0n) is 14.2. The van der Waals surface area contributed by atoms with Gasteiger partial charge in [0.2, 0.25) is 5.95 Å². The molecule has 3 aromatic rings. The molecule has 1 aromatic carbocycles. The summed E-state index contributed by atoms with van der Waals surface area (Å²) in [5.74, 6) is 0.0594. The Kier molecular flexibility index (Phi) is 4.47. The van der Waals surface area contributed by atoms with E-state index in [2.05, 4.69) is 15.3 Å². The van der Waals surface area contributed by atoms with Gasteiger partial charge in [0.25, 0.3) is 5.56 Å². The average Bonchev–Trinajstić information content (AvgIpc) is 2.64. The van der Waals surface area contributed by atoms with Gasteiger partial charge >= 0.3 is 5.97 Å². The lowest BCUT2D eigenvalue weighted by molar-refractivity contribution is 0.0600. The number of fused-ring (bicyclic) bond motifs is 1. The lowest BCUT2D eigenvalue weighted by atomic mass is 10.1. The maximum absolute atomic E-state index is 11.7. The van der Waals surface area contributed by atoms with E-state index in [9.17, 15) is 9.59 Å². The summed E-state index contributed by atoms with van der Waals surface area (Å²) in [5, 5.41) is 4.00. The van der Waals surface area contributed by atoms with Crippen LogP contribution in [0.25, 0.3) is 11.0 Å². The van der Waals surface area contributed by atoms with E-state index in [1.165, 1.54) is 17.7 Å². The number of pyridine rings is 1. The predicted octanol–water partition coefficient (Wildman–Crippen LogP) is 2.29. The van der Waals surface area contributed by atoms with Crippen molar-refractivity contribution < 1.29 is 9.53 Å². The van der Waals surface area contributed by atoms with E-state index >= 15 is 0 Å². The van der Waals surface area contributed by atoms with Gasteiger partial charge in [0.1, 0.15) is 5.65 Å². The first kappa shape index (κ1) is 16.6. The largest absolute Gasteiger partial charge is 0.465 e. The van der Waals surface area contributed by atoms with E-state index in [4.69, 9.17) is 4.74 Å². The minimum atomic E-state index is -0.369. The van der Waals surface area contributed by atoms with Crippen molar-refractivity contribution in [3.8, 4) is 0 Å². The summed E-state index contributed by atoms with van der Waals surface area (Å²) in [5.41, 5.74) is 1.91. The number of esters is 1. The van der Waals surface area contributed by atoms with Gasteiger partial charge in [-0.2, -0.15) is 4.98 Å². The minimum absolute atomic E-state index is 0.0788. The third kappa shape index (κ3) is 3.35. The van der Waals surface area contributed by atoms with Crippen LogP contribution < -0.4 is 10.9 Å². The monoisotopic (exact) mass is 338 g/mol. The van der Waals surface area contributed by atoms with Crippen molar-refractivity contribution >= 4 is 23.0 Å². The van der Waals surface area contributed by atoms with Gasteiger partial charge in [0.15, 0.2) is 0 Å². The summed E-state index contributed by atoms with van der Waals surface area (Å²) in [7, 11) is 3.03. The molecule has 1 atom stereocenters. The third-order valence-corrected chi connectivity index (χ3v) is 4.03. The minimum Gasteiger partial charge on any atom is -0.465 e. The standard InChI is InChI=1S/C18H18N4O3/c1-11(12-4-6-13(7-5-12)17(24)25-3)20-18-19-10-14-8-9-15(23)22(2)16(14)21-18/h4-11H,1-3H3,(H,19,20,21). The second kappa shape index (κ2) is 6.72. The summed E-state index contributed by atoms with van der Waals surface area (Å²) in [4.78, 5) is 31.9. The summed E-state index contributed by atoms with van der Waals surface area (Å²) < 4.78 is 6.18. The van der Waals surface area contributed by atoms with E-state index < -0.39 is 0 Å². The van der Waals surface area contributed by atoms with Crippen molar-refractivity contribution in [3.63, 3.8) is 0 Å². The SMILES string of the molecule is COC(=O)c1ccc(C(C)Nc2ncc3ccc(=O)n(C)c3n2)cc1. The fourth-order valence-corrected chi connectivity index (χ4v) is 2.52. The van der Waals surface area contributed by atoms with E-state index in [0.717, 1.165) is 10.9 Å². The van der Waals surface area contributed by atoms with E-state index in [1.807, 2.05) is 19.1 Å². The average molecular weight is 338 g/mol. The Morgan fingerprint density at radius 3 is 2.60 bits per heavy atom. The van der Waals surface area contributed by atoms with Gasteiger partial charge in [-0.25, -0.2) is 9.78 Å². The number of ether oxygens (including phenoxy) is 1. The molecule has 0 fully saturated rings. The molecule has 2 aromatic heterocycles. The number of anilines is 1. The number of benzene rings is 1. The second-order valence-electron chi connectivity index (χ2n) is 5.68. The molecule has 0 bridgehead atoms. The van der Waals surface area contributed by atoms with E-state index in [0.29, 0.717) is 17.2 Å². The number of nitrogens with zero attached hydrogens (tertiary/aromatic N) is 3. The van der Waals surface area contributed by atoms with Crippen molar-refractivity contribution in [2.24, 2.45) is 7.05 Å². The Morgan fingerprint density at radius 1 is 1.20 bits per heavy atom. The normalized spacial score (nSPS) is 12.0. The maximum atomic E-state index is 11.7. The molecule has 0 radical (unpaired) electrons. The van der Waals surface area contributed by atoms with E-state index in [1.54, 1.807) is 31.4 Å². The highest BCUT2D eigenvalue weighted by Gasteiger charge is 2.11. The van der Waals surface area contributed by atoms with Crippen molar-refractivity contribution in [3.05, 3.63) is 64.1 Å². The molecule has 128 valence electrons. The van der Waals surface area contributed by atoms with Crippen LogP contribution in [0.15, 0.2) is 47.4 Å². The molecule has 0 amide bonds. The van der Waals surface area contributed by atoms with Crippen LogP contribution in [0.1, 0.15) is 28.9 Å². The number of aryl methyl sites for hydroxylation is 1. The molecule has 0 saturated carbocycles. The molecular formula is C18H18N4O3. The lowest BCUT2D eigenvalue weighted by Crippen LogP contribution is -2.17. The Morgan fingerprint density at radius 2 is 1.92 bits per heavy atom. The van der Waals surface area contributed by atoms with Crippen LogP contribution >= 0.6 is 0 Å². The van der Waals surface area contributed by atoms with Crippen molar-refractivity contribution in [2.75, 3.05) is 12.4 Å². The molecule has 7 heteroatoms. The van der Waals surface area contributed by atoms with Crippen molar-refractivity contribution in [1.29, 1.82) is 0 Å². The molecule has 2 heterocycles. The second-order valence-corrected chi connectivity index (χ2v) is 5.68. The fraction of sp³-hybridized carbons (Fsp3) is 0.222. The van der Waals surface area contributed by atoms with Gasteiger partial charge in [0.05, 0.1) is 18.7 Å². The number of hydrogen-bond donors (Lipinski definition) is 1. The van der Waals surface area contributed by atoms with Crippen molar-refractivity contribution in [1.82, 2.24) is 14.5 Å². The summed E-state index contributed by atoms with van der Waals surface area (Å²) in [6.07, 6.45) is 1.68. The third-order valence-electron chi connectivity index (χ3n) is 4.03. The molecule has 3 rings (SSSR count). The topological polar surface area (TPSA) is 86.1 Å². The Balaban J connectivity index is 1.84. The predicted molar refractivity (Wildman–Crippen MR) is 94.6 cm³/mol. The first-order chi connectivity index (χ1) is 12.0. The lowest BCUT2D eigenvalue weighted by Gasteiger charge is -2.15. The highest BCUT2D eigenvalue weighted by Crippen LogP contribution is 2.19. The summed E-state index contributed by atoms with van der Waals surface area (Å²) in [6, 6.07) is 10.2. The molecular weight excluding hydrogens is 320 g/mol. The summed E-state index contributed by atoms with van der Waals surface area (Å²) >= 11 is 0. The molecule has 0 aliphatic carbocycles. The molecule has 0 aliphatic heterocycles. The number of aromatic nitrogens is 3. The van der Waals surface area contributed by atoms with E-state index in [-0.39, 0.29) is 17.6 Å². The molecule has 25 heavy (non-hydrogen) atoms. The van der Waals surface area contributed by atoms with Crippen molar-refractivity contribution in [2.45, 2.75) is 13.0 Å². The smallest absolute Gasteiger partial charge is 0.337 e. The Labute approximate surface area is 144 Å². The van der Waals surface area contributed by atoms with Crippen LogP contribution in [0.2, 0.25) is 0 Å². The number of methoxy groups -OCH3 is 1. The van der Waals surface area contributed by atoms with Gasteiger partial charge < -0.3 is 10.1 Å². The highest BCUT2D eigenvalue weighted by molar-refractivity contribution is 5.89. The first-order valence-electron chi connectivity index (χ1n) is 7.77. The molecule has 0 saturated heterocycles. The van der Waals surface area contributed by atoms with Crippen LogP contribution in [-0.4, -0.2) is 27.6 Å². The van der Waals surface area contributed by atoms with Crippen LogP contribution in [0.4, 0.5) is 5.95 Å². The quantitative estimate of drug-likeness (QED) is 0.735. The zero-order chi connectivity index (χ0) is 18.0. The maximum Gasteiger partial charge on any atom is 0.337 e. The number of nitrogens with one attached hydrogen (secondary N) is 1. The van der Waals surface area contributed by atoms with Gasteiger partial charge in [-0.1, -0.05) is 12.1 Å². The number of carbonyl (C=O) groups is 1. The molecule has 1 N–H and O–H groups in total. The van der Waals surface area contributed by atoms with Gasteiger partial charge in [-0.05, 0) is 30.7 Å². The van der Waals surface area contributed by atoms with Crippen LogP contribution in [0.3, 0.4) is 0 Å².